The van der Waals surface area contributed by atoms with E-state index < -0.39 is 35.0 Å². The van der Waals surface area contributed by atoms with Crippen LogP contribution in [0.5, 0.6) is 0 Å². The standard InChI is InChI=1S/C24H27N5O4/c1-14-7-6-8-15(2)19(14)29-22(25-26-27-29)23(10-4-3-5-11-23)28-13-24-12-9-16(33-24)17(21(31)32)18(24)20(28)30/h6-9,12,16-18H,3-5,10-11,13H2,1-2H3,(H,31,32). The summed E-state index contributed by atoms with van der Waals surface area (Å²) in [6, 6.07) is 6.06. The Kier molecular flexibility index (Phi) is 4.33. The molecule has 1 amide bonds. The molecule has 1 aliphatic carbocycles. The number of aromatic nitrogens is 4. The van der Waals surface area contributed by atoms with Crippen molar-refractivity contribution in [2.75, 3.05) is 6.54 Å². The van der Waals surface area contributed by atoms with Crippen molar-refractivity contribution in [1.82, 2.24) is 25.1 Å². The number of carbonyl (C=O) groups excluding carboxylic acids is 1. The number of hydrogen-bond donors (Lipinski definition) is 1. The summed E-state index contributed by atoms with van der Waals surface area (Å²) in [5.41, 5.74) is 1.44. The van der Waals surface area contributed by atoms with Crippen molar-refractivity contribution in [2.24, 2.45) is 11.8 Å². The minimum absolute atomic E-state index is 0.160. The zero-order chi connectivity index (χ0) is 23.0. The Labute approximate surface area is 191 Å². The van der Waals surface area contributed by atoms with Crippen molar-refractivity contribution < 1.29 is 19.4 Å². The van der Waals surface area contributed by atoms with Crippen LogP contribution in [0, 0.1) is 25.7 Å². The normalized spacial score (nSPS) is 31.9. The highest BCUT2D eigenvalue weighted by atomic mass is 16.5. The molecule has 33 heavy (non-hydrogen) atoms. The number of ether oxygens (including phenoxy) is 1. The first-order valence-electron chi connectivity index (χ1n) is 11.6. The summed E-state index contributed by atoms with van der Waals surface area (Å²) in [6.07, 6.45) is 7.62. The number of hydrogen-bond acceptors (Lipinski definition) is 6. The highest BCUT2D eigenvalue weighted by Crippen LogP contribution is 2.56. The number of aryl methyl sites for hydroxylation is 2. The van der Waals surface area contributed by atoms with Crippen molar-refractivity contribution in [2.45, 2.75) is 63.2 Å². The molecule has 9 nitrogen and oxygen atoms in total. The van der Waals surface area contributed by atoms with Gasteiger partial charge in [0.2, 0.25) is 5.91 Å². The summed E-state index contributed by atoms with van der Waals surface area (Å²) in [5.74, 6) is -2.07. The van der Waals surface area contributed by atoms with Gasteiger partial charge in [0, 0.05) is 0 Å². The Morgan fingerprint density at radius 3 is 2.61 bits per heavy atom. The highest BCUT2D eigenvalue weighted by Gasteiger charge is 2.69. The molecule has 4 unspecified atom stereocenters. The van der Waals surface area contributed by atoms with Gasteiger partial charge < -0.3 is 14.7 Å². The van der Waals surface area contributed by atoms with Crippen LogP contribution in [0.4, 0.5) is 0 Å². The van der Waals surface area contributed by atoms with Gasteiger partial charge in [0.25, 0.3) is 0 Å². The molecule has 4 heterocycles. The number of carbonyl (C=O) groups is 2. The lowest BCUT2D eigenvalue weighted by molar-refractivity contribution is -0.150. The number of para-hydroxylation sites is 1. The maximum absolute atomic E-state index is 13.9. The molecule has 0 radical (unpaired) electrons. The quantitative estimate of drug-likeness (QED) is 0.713. The van der Waals surface area contributed by atoms with Gasteiger partial charge in [-0.15, -0.1) is 5.10 Å². The molecule has 6 rings (SSSR count). The van der Waals surface area contributed by atoms with E-state index in [1.54, 1.807) is 10.8 Å². The third-order valence-corrected chi connectivity index (χ3v) is 8.12. The van der Waals surface area contributed by atoms with E-state index in [-0.39, 0.29) is 5.91 Å². The summed E-state index contributed by atoms with van der Waals surface area (Å²) < 4.78 is 7.94. The number of rotatable bonds is 4. The Morgan fingerprint density at radius 1 is 1.18 bits per heavy atom. The molecular formula is C24H27N5O4. The van der Waals surface area contributed by atoms with Crippen LogP contribution in [0.1, 0.15) is 49.1 Å². The number of benzene rings is 1. The molecule has 172 valence electrons. The number of amides is 1. The lowest BCUT2D eigenvalue weighted by Crippen LogP contribution is -2.52. The highest BCUT2D eigenvalue weighted by molar-refractivity contribution is 5.91. The van der Waals surface area contributed by atoms with Crippen molar-refractivity contribution in [1.29, 1.82) is 0 Å². The van der Waals surface area contributed by atoms with Gasteiger partial charge in [-0.3, -0.25) is 9.59 Å². The molecule has 1 spiro atoms. The van der Waals surface area contributed by atoms with Crippen LogP contribution < -0.4 is 0 Å². The molecule has 2 bridgehead atoms. The van der Waals surface area contributed by atoms with Gasteiger partial charge in [-0.1, -0.05) is 49.6 Å². The van der Waals surface area contributed by atoms with Gasteiger partial charge in [0.15, 0.2) is 5.82 Å². The Morgan fingerprint density at radius 2 is 1.91 bits per heavy atom. The van der Waals surface area contributed by atoms with Gasteiger partial charge in [-0.05, 0) is 48.2 Å². The van der Waals surface area contributed by atoms with Gasteiger partial charge in [-0.2, -0.15) is 4.68 Å². The number of likely N-dealkylation sites (tertiary alicyclic amines) is 1. The van der Waals surface area contributed by atoms with E-state index in [2.05, 4.69) is 15.5 Å². The van der Waals surface area contributed by atoms with Crippen LogP contribution in [0.3, 0.4) is 0 Å². The third kappa shape index (κ3) is 2.65. The largest absolute Gasteiger partial charge is 0.481 e. The van der Waals surface area contributed by atoms with Crippen molar-refractivity contribution >= 4 is 11.9 Å². The van der Waals surface area contributed by atoms with E-state index in [4.69, 9.17) is 4.74 Å². The SMILES string of the molecule is Cc1cccc(C)c1-n1nnnc1C1(N2CC34C=CC(O3)C(C(=O)O)C4C2=O)CCCCC1. The Hall–Kier alpha value is -3.07. The third-order valence-electron chi connectivity index (χ3n) is 8.12. The predicted molar refractivity (Wildman–Crippen MR) is 116 cm³/mol. The average molecular weight is 450 g/mol. The van der Waals surface area contributed by atoms with E-state index >= 15 is 0 Å². The topological polar surface area (TPSA) is 110 Å². The van der Waals surface area contributed by atoms with Crippen LogP contribution in [0.25, 0.3) is 5.69 Å². The number of carboxylic acid groups (broad SMARTS) is 1. The lowest BCUT2D eigenvalue weighted by Gasteiger charge is -2.44. The molecule has 3 aliphatic heterocycles. The molecular weight excluding hydrogens is 422 g/mol. The molecule has 1 aromatic carbocycles. The molecule has 1 N–H and O–H groups in total. The zero-order valence-corrected chi connectivity index (χ0v) is 18.8. The molecule has 4 atom stereocenters. The summed E-state index contributed by atoms with van der Waals surface area (Å²) in [5, 5.41) is 22.8. The summed E-state index contributed by atoms with van der Waals surface area (Å²) in [4.78, 5) is 27.9. The number of carboxylic acids is 1. The van der Waals surface area contributed by atoms with E-state index in [9.17, 15) is 14.7 Å². The molecule has 2 aromatic rings. The van der Waals surface area contributed by atoms with Crippen LogP contribution in [0.15, 0.2) is 30.4 Å². The Bertz CT molecular complexity index is 1160. The van der Waals surface area contributed by atoms with Crippen molar-refractivity contribution in [3.05, 3.63) is 47.3 Å². The van der Waals surface area contributed by atoms with Crippen molar-refractivity contribution in [3.63, 3.8) is 0 Å². The molecule has 4 aliphatic rings. The van der Waals surface area contributed by atoms with Gasteiger partial charge >= 0.3 is 5.97 Å². The fraction of sp³-hybridized carbons (Fsp3) is 0.542. The molecule has 9 heteroatoms. The van der Waals surface area contributed by atoms with E-state index in [0.29, 0.717) is 12.4 Å². The van der Waals surface area contributed by atoms with Crippen LogP contribution in [-0.4, -0.2) is 60.3 Å². The molecule has 1 aromatic heterocycles. The van der Waals surface area contributed by atoms with Gasteiger partial charge in [0.05, 0.1) is 24.3 Å². The van der Waals surface area contributed by atoms with Crippen LogP contribution in [0.2, 0.25) is 0 Å². The first kappa shape index (κ1) is 20.5. The van der Waals surface area contributed by atoms with Gasteiger partial charge in [-0.25, -0.2) is 0 Å². The summed E-state index contributed by atoms with van der Waals surface area (Å²) >= 11 is 0. The fourth-order valence-electron chi connectivity index (χ4n) is 6.66. The second-order valence-corrected chi connectivity index (χ2v) is 9.91. The van der Waals surface area contributed by atoms with Crippen molar-refractivity contribution in [3.8, 4) is 5.69 Å². The smallest absolute Gasteiger partial charge is 0.310 e. The monoisotopic (exact) mass is 449 g/mol. The van der Waals surface area contributed by atoms with E-state index in [1.807, 2.05) is 43.0 Å². The number of fused-ring (bicyclic) bond motifs is 1. The first-order valence-corrected chi connectivity index (χ1v) is 11.6. The van der Waals surface area contributed by atoms with Crippen LogP contribution >= 0.6 is 0 Å². The zero-order valence-electron chi connectivity index (χ0n) is 18.8. The maximum atomic E-state index is 13.9. The average Bonchev–Trinajstić information content (AvgIpc) is 3.55. The van der Waals surface area contributed by atoms with E-state index in [1.165, 1.54) is 0 Å². The van der Waals surface area contributed by atoms with Crippen LogP contribution in [-0.2, 0) is 19.9 Å². The fourth-order valence-corrected chi connectivity index (χ4v) is 6.66. The second kappa shape index (κ2) is 6.96. The minimum atomic E-state index is -0.982. The van der Waals surface area contributed by atoms with E-state index in [0.717, 1.165) is 48.9 Å². The van der Waals surface area contributed by atoms with Gasteiger partial charge in [0.1, 0.15) is 17.1 Å². The molecule has 1 saturated carbocycles. The molecule has 2 saturated heterocycles. The first-order chi connectivity index (χ1) is 15.9. The number of nitrogens with zero attached hydrogens (tertiary/aromatic N) is 5. The molecule has 3 fully saturated rings. The maximum Gasteiger partial charge on any atom is 0.310 e. The summed E-state index contributed by atoms with van der Waals surface area (Å²) in [7, 11) is 0. The second-order valence-electron chi connectivity index (χ2n) is 9.91. The minimum Gasteiger partial charge on any atom is -0.481 e. The predicted octanol–water partition coefficient (Wildman–Crippen LogP) is 2.31. The Balaban J connectivity index is 1.49. The summed E-state index contributed by atoms with van der Waals surface area (Å²) in [6.45, 7) is 4.38. The lowest BCUT2D eigenvalue weighted by atomic mass is 9.77. The number of tetrazole rings is 1. The number of aliphatic carboxylic acids is 1.